The number of carbonyl (C=O) groups is 1. The van der Waals surface area contributed by atoms with Gasteiger partial charge < -0.3 is 15.5 Å². The summed E-state index contributed by atoms with van der Waals surface area (Å²) in [4.78, 5) is 12.1. The van der Waals surface area contributed by atoms with Crippen molar-refractivity contribution in [3.63, 3.8) is 0 Å². The Kier molecular flexibility index (Phi) is 4.97. The smallest absolute Gasteiger partial charge is 0.254 e. The highest BCUT2D eigenvalue weighted by atomic mass is 16.3. The molecule has 4 aliphatic rings. The van der Waals surface area contributed by atoms with Gasteiger partial charge in [0, 0.05) is 18.8 Å². The number of aliphatic hydroxyl groups is 2. The molecule has 4 fully saturated rings. The maximum absolute atomic E-state index is 12.1. The average Bonchev–Trinajstić information content (AvgIpc) is 3.04. The van der Waals surface area contributed by atoms with Gasteiger partial charge in [-0.2, -0.15) is 5.10 Å². The normalized spacial score (nSPS) is 36.4. The molecule has 134 valence electrons. The Labute approximate surface area is 143 Å². The van der Waals surface area contributed by atoms with E-state index in [2.05, 4.69) is 15.5 Å². The molecule has 4 saturated carbocycles. The van der Waals surface area contributed by atoms with Crippen LogP contribution in [0.4, 0.5) is 0 Å². The van der Waals surface area contributed by atoms with E-state index in [1.54, 1.807) is 12.4 Å². The van der Waals surface area contributed by atoms with E-state index in [0.29, 0.717) is 35.8 Å². The molecule has 2 atom stereocenters. The molecule has 4 aliphatic carbocycles. The highest BCUT2D eigenvalue weighted by Gasteiger charge is 2.55. The SMILES string of the molecule is CC(C)CO.O=C(NC1C2CC3CC1CC(O)(C3)C2)c1cn[nH]c1. The summed E-state index contributed by atoms with van der Waals surface area (Å²) >= 11 is 0. The van der Waals surface area contributed by atoms with Gasteiger partial charge >= 0.3 is 0 Å². The van der Waals surface area contributed by atoms with Crippen molar-refractivity contribution in [3.8, 4) is 0 Å². The summed E-state index contributed by atoms with van der Waals surface area (Å²) in [6, 6.07) is 0.235. The molecule has 5 rings (SSSR count). The Bertz CT molecular complexity index is 542. The number of hydrogen-bond acceptors (Lipinski definition) is 4. The van der Waals surface area contributed by atoms with Gasteiger partial charge in [0.1, 0.15) is 0 Å². The van der Waals surface area contributed by atoms with Crippen LogP contribution in [0, 0.1) is 23.7 Å². The zero-order chi connectivity index (χ0) is 17.3. The molecule has 0 saturated heterocycles. The number of rotatable bonds is 3. The van der Waals surface area contributed by atoms with Crippen molar-refractivity contribution in [1.82, 2.24) is 15.5 Å². The van der Waals surface area contributed by atoms with Gasteiger partial charge in [-0.1, -0.05) is 13.8 Å². The first kappa shape index (κ1) is 17.4. The largest absolute Gasteiger partial charge is 0.396 e. The number of aromatic amines is 1. The number of nitrogens with zero attached hydrogens (tertiary/aromatic N) is 1. The molecule has 1 aromatic heterocycles. The van der Waals surface area contributed by atoms with Gasteiger partial charge in [-0.3, -0.25) is 9.89 Å². The summed E-state index contributed by atoms with van der Waals surface area (Å²) in [6.45, 7) is 4.25. The van der Waals surface area contributed by atoms with E-state index in [0.717, 1.165) is 32.1 Å². The van der Waals surface area contributed by atoms with E-state index in [4.69, 9.17) is 5.11 Å². The monoisotopic (exact) mass is 335 g/mol. The minimum absolute atomic E-state index is 0.0433. The molecule has 0 aromatic carbocycles. The lowest BCUT2D eigenvalue weighted by Gasteiger charge is -2.58. The minimum Gasteiger partial charge on any atom is -0.396 e. The number of nitrogens with one attached hydrogen (secondary N) is 2. The second-order valence-corrected chi connectivity index (χ2v) is 8.26. The third-order valence-electron chi connectivity index (χ3n) is 5.66. The van der Waals surface area contributed by atoms with Gasteiger partial charge in [0.25, 0.3) is 5.91 Å². The standard InChI is InChI=1S/C14H19N3O2.C4H10O/c18-13(11-6-15-16-7-11)17-12-9-1-8-2-10(12)5-14(19,3-8)4-9;1-4(2)3-5/h6-10,12,19H,1-5H2,(H,15,16)(H,17,18);4-5H,3H2,1-2H3. The Balaban J connectivity index is 0.000000300. The first-order valence-electron chi connectivity index (χ1n) is 9.03. The molecule has 6 nitrogen and oxygen atoms in total. The summed E-state index contributed by atoms with van der Waals surface area (Å²) in [5.41, 5.74) is 0.153. The molecule has 1 aromatic rings. The first-order chi connectivity index (χ1) is 11.4. The molecule has 6 heteroatoms. The summed E-state index contributed by atoms with van der Waals surface area (Å²) < 4.78 is 0. The Morgan fingerprint density at radius 1 is 1.38 bits per heavy atom. The number of hydrogen-bond donors (Lipinski definition) is 4. The van der Waals surface area contributed by atoms with Crippen molar-refractivity contribution >= 4 is 5.91 Å². The van der Waals surface area contributed by atoms with E-state index in [9.17, 15) is 9.90 Å². The summed E-state index contributed by atoms with van der Waals surface area (Å²) in [7, 11) is 0. The lowest BCUT2D eigenvalue weighted by atomic mass is 9.52. The van der Waals surface area contributed by atoms with Crippen LogP contribution in [0.2, 0.25) is 0 Å². The second-order valence-electron chi connectivity index (χ2n) is 8.26. The zero-order valence-corrected chi connectivity index (χ0v) is 14.5. The van der Waals surface area contributed by atoms with Crippen molar-refractivity contribution in [1.29, 1.82) is 0 Å². The molecular weight excluding hydrogens is 306 g/mol. The van der Waals surface area contributed by atoms with Crippen LogP contribution in [0.5, 0.6) is 0 Å². The number of aromatic nitrogens is 2. The molecule has 4 N–H and O–H groups in total. The molecule has 0 radical (unpaired) electrons. The van der Waals surface area contributed by atoms with Gasteiger partial charge in [-0.15, -0.1) is 0 Å². The third-order valence-corrected chi connectivity index (χ3v) is 5.66. The fraction of sp³-hybridized carbons (Fsp3) is 0.778. The molecule has 1 amide bonds. The predicted molar refractivity (Wildman–Crippen MR) is 90.3 cm³/mol. The van der Waals surface area contributed by atoms with Gasteiger partial charge in [-0.05, 0) is 55.8 Å². The number of aliphatic hydroxyl groups excluding tert-OH is 1. The number of carbonyl (C=O) groups excluding carboxylic acids is 1. The Morgan fingerprint density at radius 3 is 2.46 bits per heavy atom. The maximum atomic E-state index is 12.1. The third kappa shape index (κ3) is 3.64. The van der Waals surface area contributed by atoms with Gasteiger partial charge in [0.2, 0.25) is 0 Å². The highest BCUT2D eigenvalue weighted by molar-refractivity contribution is 5.93. The van der Waals surface area contributed by atoms with Crippen LogP contribution in [-0.2, 0) is 0 Å². The molecule has 4 bridgehead atoms. The number of H-pyrrole nitrogens is 1. The zero-order valence-electron chi connectivity index (χ0n) is 14.5. The van der Waals surface area contributed by atoms with E-state index < -0.39 is 5.60 Å². The van der Waals surface area contributed by atoms with Crippen LogP contribution < -0.4 is 5.32 Å². The first-order valence-corrected chi connectivity index (χ1v) is 9.03. The van der Waals surface area contributed by atoms with Gasteiger partial charge in [-0.25, -0.2) is 0 Å². The average molecular weight is 335 g/mol. The quantitative estimate of drug-likeness (QED) is 0.676. The van der Waals surface area contributed by atoms with Crippen molar-refractivity contribution in [2.45, 2.75) is 57.6 Å². The summed E-state index contributed by atoms with van der Waals surface area (Å²) in [5.74, 6) is 1.97. The van der Waals surface area contributed by atoms with Gasteiger partial charge in [0.05, 0.1) is 17.4 Å². The van der Waals surface area contributed by atoms with Crippen LogP contribution >= 0.6 is 0 Å². The molecule has 0 spiro atoms. The summed E-state index contributed by atoms with van der Waals surface area (Å²) in [6.07, 6.45) is 8.19. The van der Waals surface area contributed by atoms with Crippen LogP contribution in [0.1, 0.15) is 56.3 Å². The van der Waals surface area contributed by atoms with Crippen molar-refractivity contribution < 1.29 is 15.0 Å². The van der Waals surface area contributed by atoms with Crippen molar-refractivity contribution in [2.24, 2.45) is 23.7 Å². The van der Waals surface area contributed by atoms with Crippen LogP contribution in [0.3, 0.4) is 0 Å². The molecular formula is C18H29N3O3. The van der Waals surface area contributed by atoms with E-state index in [1.807, 2.05) is 13.8 Å². The summed E-state index contributed by atoms with van der Waals surface area (Å²) in [5, 5.41) is 28.3. The topological polar surface area (TPSA) is 98.2 Å². The van der Waals surface area contributed by atoms with Crippen molar-refractivity contribution in [3.05, 3.63) is 18.0 Å². The maximum Gasteiger partial charge on any atom is 0.254 e. The van der Waals surface area contributed by atoms with Crippen LogP contribution in [0.15, 0.2) is 12.4 Å². The lowest BCUT2D eigenvalue weighted by Crippen LogP contribution is -2.61. The Hall–Kier alpha value is -1.40. The van der Waals surface area contributed by atoms with Crippen LogP contribution in [0.25, 0.3) is 0 Å². The molecule has 1 heterocycles. The van der Waals surface area contributed by atoms with E-state index in [-0.39, 0.29) is 11.9 Å². The van der Waals surface area contributed by atoms with Crippen LogP contribution in [-0.4, -0.2) is 44.6 Å². The second kappa shape index (κ2) is 6.84. The van der Waals surface area contributed by atoms with E-state index in [1.165, 1.54) is 0 Å². The molecule has 2 unspecified atom stereocenters. The Morgan fingerprint density at radius 2 is 2.00 bits per heavy atom. The number of amides is 1. The fourth-order valence-corrected chi connectivity index (χ4v) is 4.83. The predicted octanol–water partition coefficient (Wildman–Crippen LogP) is 1.71. The van der Waals surface area contributed by atoms with E-state index >= 15 is 0 Å². The molecule has 24 heavy (non-hydrogen) atoms. The van der Waals surface area contributed by atoms with Gasteiger partial charge in [0.15, 0.2) is 0 Å². The minimum atomic E-state index is -0.437. The lowest BCUT2D eigenvalue weighted by molar-refractivity contribution is -0.136. The highest BCUT2D eigenvalue weighted by Crippen LogP contribution is 2.55. The van der Waals surface area contributed by atoms with Crippen molar-refractivity contribution in [2.75, 3.05) is 6.61 Å². The fourth-order valence-electron chi connectivity index (χ4n) is 4.83. The molecule has 0 aliphatic heterocycles.